The van der Waals surface area contributed by atoms with Crippen LogP contribution in [0.4, 0.5) is 10.7 Å². The van der Waals surface area contributed by atoms with E-state index >= 15 is 0 Å². The molecule has 1 atom stereocenters. The maximum absolute atomic E-state index is 12.4. The van der Waals surface area contributed by atoms with Gasteiger partial charge >= 0.3 is 6.03 Å². The van der Waals surface area contributed by atoms with Crippen molar-refractivity contribution in [1.82, 2.24) is 29.8 Å². The Morgan fingerprint density at radius 3 is 2.75 bits per heavy atom. The Bertz CT molecular complexity index is 1300. The molecule has 1 aliphatic rings. The second-order valence-corrected chi connectivity index (χ2v) is 8.30. The summed E-state index contributed by atoms with van der Waals surface area (Å²) in [4.78, 5) is 21.6. The van der Waals surface area contributed by atoms with E-state index in [-0.39, 0.29) is 12.1 Å². The van der Waals surface area contributed by atoms with E-state index in [0.29, 0.717) is 26.2 Å². The van der Waals surface area contributed by atoms with Crippen molar-refractivity contribution in [3.63, 3.8) is 0 Å². The van der Waals surface area contributed by atoms with Gasteiger partial charge in [0.25, 0.3) is 0 Å². The Morgan fingerprint density at radius 1 is 1.12 bits per heavy atom. The number of piperazine rings is 1. The summed E-state index contributed by atoms with van der Waals surface area (Å²) in [5.41, 5.74) is 3.85. The van der Waals surface area contributed by atoms with Gasteiger partial charge in [-0.2, -0.15) is 0 Å². The van der Waals surface area contributed by atoms with Crippen LogP contribution in [-0.4, -0.2) is 62.7 Å². The van der Waals surface area contributed by atoms with E-state index in [4.69, 9.17) is 4.98 Å². The number of amides is 2. The molecule has 32 heavy (non-hydrogen) atoms. The fourth-order valence-electron chi connectivity index (χ4n) is 4.44. The second kappa shape index (κ2) is 8.11. The van der Waals surface area contributed by atoms with Gasteiger partial charge in [-0.25, -0.2) is 14.2 Å². The molecule has 0 saturated carbocycles. The van der Waals surface area contributed by atoms with Crippen LogP contribution < -0.4 is 10.2 Å². The highest BCUT2D eigenvalue weighted by molar-refractivity contribution is 5.93. The normalized spacial score (nSPS) is 16.7. The molecule has 4 aromatic rings. The van der Waals surface area contributed by atoms with Gasteiger partial charge in [-0.3, -0.25) is 0 Å². The topological polar surface area (TPSA) is 78.7 Å². The van der Waals surface area contributed by atoms with E-state index in [1.807, 2.05) is 42.2 Å². The fraction of sp³-hybridized carbons (Fsp3) is 0.333. The first-order valence-electron chi connectivity index (χ1n) is 11.1. The third-order valence-electron chi connectivity index (χ3n) is 6.00. The molecule has 1 saturated heterocycles. The minimum Gasteiger partial charge on any atom is -0.338 e. The zero-order chi connectivity index (χ0) is 22.2. The highest BCUT2D eigenvalue weighted by atomic mass is 16.2. The van der Waals surface area contributed by atoms with Gasteiger partial charge in [0.1, 0.15) is 0 Å². The molecule has 0 aliphatic carbocycles. The molecule has 0 radical (unpaired) electrons. The average Bonchev–Trinajstić information content (AvgIpc) is 3.24. The van der Waals surface area contributed by atoms with Crippen LogP contribution in [-0.2, 0) is 0 Å². The predicted octanol–water partition coefficient (Wildman–Crippen LogP) is 3.49. The summed E-state index contributed by atoms with van der Waals surface area (Å²) in [7, 11) is 0. The molecule has 3 heterocycles. The van der Waals surface area contributed by atoms with Crippen molar-refractivity contribution >= 4 is 28.5 Å². The van der Waals surface area contributed by atoms with Gasteiger partial charge in [0.2, 0.25) is 5.95 Å². The number of carbonyl (C=O) groups is 1. The van der Waals surface area contributed by atoms with Crippen LogP contribution in [0.25, 0.3) is 27.9 Å². The van der Waals surface area contributed by atoms with Crippen LogP contribution in [0.1, 0.15) is 19.4 Å². The first kappa shape index (κ1) is 20.2. The third kappa shape index (κ3) is 3.41. The van der Waals surface area contributed by atoms with Crippen LogP contribution >= 0.6 is 0 Å². The lowest BCUT2D eigenvalue weighted by atomic mass is 10.1. The molecule has 1 N–H and O–H groups in total. The molecular formula is C24H27N7O. The molecule has 2 aromatic heterocycles. The van der Waals surface area contributed by atoms with Gasteiger partial charge in [0, 0.05) is 43.2 Å². The number of para-hydroxylation sites is 1. The number of aryl methyl sites for hydroxylation is 1. The summed E-state index contributed by atoms with van der Waals surface area (Å²) in [5.74, 6) is 1.58. The maximum atomic E-state index is 12.4. The summed E-state index contributed by atoms with van der Waals surface area (Å²) in [6.45, 7) is 8.71. The van der Waals surface area contributed by atoms with E-state index in [1.54, 1.807) is 0 Å². The SMILES string of the molecule is CCNC(=O)N1CCN(c2nc3ccccc3c3nnc(-c4cccc(C)c4)n23)C[C@H]1C. The Labute approximate surface area is 186 Å². The number of benzene rings is 2. The van der Waals surface area contributed by atoms with Crippen LogP contribution in [0.5, 0.6) is 0 Å². The molecule has 8 heteroatoms. The van der Waals surface area contributed by atoms with Crippen molar-refractivity contribution in [2.75, 3.05) is 31.1 Å². The van der Waals surface area contributed by atoms with E-state index < -0.39 is 0 Å². The average molecular weight is 430 g/mol. The number of aromatic nitrogens is 4. The summed E-state index contributed by atoms with van der Waals surface area (Å²) in [6.07, 6.45) is 0. The first-order chi connectivity index (χ1) is 15.6. The van der Waals surface area contributed by atoms with E-state index in [0.717, 1.165) is 33.9 Å². The largest absolute Gasteiger partial charge is 0.338 e. The van der Waals surface area contributed by atoms with Gasteiger partial charge < -0.3 is 15.1 Å². The Morgan fingerprint density at radius 2 is 1.97 bits per heavy atom. The van der Waals surface area contributed by atoms with Crippen molar-refractivity contribution in [3.05, 3.63) is 54.1 Å². The van der Waals surface area contributed by atoms with Gasteiger partial charge in [0.15, 0.2) is 11.5 Å². The number of rotatable bonds is 3. The molecule has 1 fully saturated rings. The molecule has 164 valence electrons. The second-order valence-electron chi connectivity index (χ2n) is 8.30. The number of carbonyl (C=O) groups excluding carboxylic acids is 1. The lowest BCUT2D eigenvalue weighted by Crippen LogP contribution is -2.57. The molecule has 8 nitrogen and oxygen atoms in total. The number of nitrogens with zero attached hydrogens (tertiary/aromatic N) is 6. The van der Waals surface area contributed by atoms with Crippen molar-refractivity contribution in [1.29, 1.82) is 0 Å². The summed E-state index contributed by atoms with van der Waals surface area (Å²) in [6, 6.07) is 16.3. The van der Waals surface area contributed by atoms with Crippen molar-refractivity contribution in [3.8, 4) is 11.4 Å². The minimum absolute atomic E-state index is 0.0129. The predicted molar refractivity (Wildman–Crippen MR) is 126 cm³/mol. The van der Waals surface area contributed by atoms with E-state index in [2.05, 4.69) is 56.9 Å². The van der Waals surface area contributed by atoms with Crippen LogP contribution in [0.15, 0.2) is 48.5 Å². The monoisotopic (exact) mass is 429 g/mol. The van der Waals surface area contributed by atoms with Crippen molar-refractivity contribution in [2.24, 2.45) is 0 Å². The van der Waals surface area contributed by atoms with E-state index in [9.17, 15) is 4.79 Å². The zero-order valence-corrected chi connectivity index (χ0v) is 18.6. The van der Waals surface area contributed by atoms with Gasteiger partial charge in [-0.1, -0.05) is 35.9 Å². The molecule has 5 rings (SSSR count). The van der Waals surface area contributed by atoms with E-state index in [1.165, 1.54) is 5.56 Å². The Balaban J connectivity index is 1.63. The van der Waals surface area contributed by atoms with Gasteiger partial charge in [-0.05, 0) is 39.0 Å². The standard InChI is InChI=1S/C24H27N7O/c1-4-25-24(32)30-13-12-29(15-17(30)3)23-26-20-11-6-5-10-19(20)22-28-27-21(31(22)23)18-9-7-8-16(2)14-18/h5-11,14,17H,4,12-13,15H2,1-3H3,(H,25,32)/t17-/m1/s1. The van der Waals surface area contributed by atoms with Crippen LogP contribution in [0, 0.1) is 6.92 Å². The van der Waals surface area contributed by atoms with Gasteiger partial charge in [-0.15, -0.1) is 10.2 Å². The molecule has 2 amide bonds. The fourth-order valence-corrected chi connectivity index (χ4v) is 4.44. The Kier molecular flexibility index (Phi) is 5.13. The quantitative estimate of drug-likeness (QED) is 0.539. The molecule has 0 bridgehead atoms. The highest BCUT2D eigenvalue weighted by Gasteiger charge is 2.30. The lowest BCUT2D eigenvalue weighted by molar-refractivity contribution is 0.171. The maximum Gasteiger partial charge on any atom is 0.317 e. The molecule has 2 aromatic carbocycles. The summed E-state index contributed by atoms with van der Waals surface area (Å²) in [5, 5.41) is 13.0. The number of hydrogen-bond donors (Lipinski definition) is 1. The van der Waals surface area contributed by atoms with Crippen molar-refractivity contribution < 1.29 is 4.79 Å². The third-order valence-corrected chi connectivity index (χ3v) is 6.00. The Hall–Kier alpha value is -3.68. The van der Waals surface area contributed by atoms with Crippen molar-refractivity contribution in [2.45, 2.75) is 26.8 Å². The number of fused-ring (bicyclic) bond motifs is 3. The number of anilines is 1. The first-order valence-corrected chi connectivity index (χ1v) is 11.1. The molecule has 1 aliphatic heterocycles. The number of hydrogen-bond acceptors (Lipinski definition) is 5. The van der Waals surface area contributed by atoms with Crippen LogP contribution in [0.3, 0.4) is 0 Å². The summed E-state index contributed by atoms with van der Waals surface area (Å²) < 4.78 is 2.06. The molecule has 0 unspecified atom stereocenters. The minimum atomic E-state index is -0.0129. The zero-order valence-electron chi connectivity index (χ0n) is 18.6. The van der Waals surface area contributed by atoms with Crippen LogP contribution in [0.2, 0.25) is 0 Å². The number of urea groups is 1. The smallest absolute Gasteiger partial charge is 0.317 e. The lowest BCUT2D eigenvalue weighted by Gasteiger charge is -2.40. The highest BCUT2D eigenvalue weighted by Crippen LogP contribution is 2.29. The molecule has 0 spiro atoms. The summed E-state index contributed by atoms with van der Waals surface area (Å²) >= 11 is 0. The molecular weight excluding hydrogens is 402 g/mol. The number of nitrogens with one attached hydrogen (secondary N) is 1. The van der Waals surface area contributed by atoms with Gasteiger partial charge in [0.05, 0.1) is 5.52 Å².